The number of fused-ring (bicyclic) bond motifs is 1. The highest BCUT2D eigenvalue weighted by atomic mass is 16.4. The Hall–Kier alpha value is -1.31. The summed E-state index contributed by atoms with van der Waals surface area (Å²) >= 11 is 0. The average molecular weight is 232 g/mol. The van der Waals surface area contributed by atoms with E-state index in [4.69, 9.17) is 5.11 Å². The Morgan fingerprint density at radius 2 is 2.12 bits per heavy atom. The van der Waals surface area contributed by atoms with Crippen LogP contribution in [-0.2, 0) is 16.6 Å². The van der Waals surface area contributed by atoms with Crippen LogP contribution in [0.2, 0.25) is 0 Å². The predicted molar refractivity (Wildman–Crippen MR) is 68.1 cm³/mol. The molecular formula is C15H20O2. The molecule has 1 unspecified atom stereocenters. The largest absolute Gasteiger partial charge is 0.481 e. The lowest BCUT2D eigenvalue weighted by Gasteiger charge is -2.40. The molecular weight excluding hydrogens is 212 g/mol. The van der Waals surface area contributed by atoms with E-state index < -0.39 is 5.97 Å². The normalized spacial score (nSPS) is 21.9. The monoisotopic (exact) mass is 232 g/mol. The number of carboxylic acid groups (broad SMARTS) is 1. The number of carbonyl (C=O) groups is 1. The minimum absolute atomic E-state index is 0.101. The Bertz CT molecular complexity index is 421. The molecule has 1 atom stereocenters. The van der Waals surface area contributed by atoms with Crippen molar-refractivity contribution in [2.24, 2.45) is 5.92 Å². The molecule has 0 bridgehead atoms. The molecule has 1 aliphatic carbocycles. The van der Waals surface area contributed by atoms with Crippen molar-refractivity contribution in [3.8, 4) is 0 Å². The Balaban J connectivity index is 2.21. The number of aliphatic carboxylic acids is 1. The molecule has 0 spiro atoms. The first-order valence-corrected chi connectivity index (χ1v) is 6.32. The van der Waals surface area contributed by atoms with Gasteiger partial charge in [0.2, 0.25) is 0 Å². The highest BCUT2D eigenvalue weighted by Crippen LogP contribution is 2.43. The van der Waals surface area contributed by atoms with Crippen molar-refractivity contribution in [1.82, 2.24) is 0 Å². The van der Waals surface area contributed by atoms with E-state index in [2.05, 4.69) is 38.1 Å². The highest BCUT2D eigenvalue weighted by molar-refractivity contribution is 5.66. The van der Waals surface area contributed by atoms with Crippen molar-refractivity contribution >= 4 is 5.97 Å². The van der Waals surface area contributed by atoms with Gasteiger partial charge in [-0.05, 0) is 41.7 Å². The molecule has 2 rings (SSSR count). The van der Waals surface area contributed by atoms with Crippen LogP contribution in [0, 0.1) is 5.92 Å². The highest BCUT2D eigenvalue weighted by Gasteiger charge is 2.35. The molecule has 0 aromatic heterocycles. The van der Waals surface area contributed by atoms with Gasteiger partial charge in [-0.15, -0.1) is 0 Å². The summed E-state index contributed by atoms with van der Waals surface area (Å²) in [5.74, 6) is -0.201. The van der Waals surface area contributed by atoms with Crippen LogP contribution < -0.4 is 0 Å². The third-order valence-electron chi connectivity index (χ3n) is 4.20. The molecule has 0 saturated carbocycles. The van der Waals surface area contributed by atoms with Gasteiger partial charge >= 0.3 is 5.97 Å². The number of hydrogen-bond acceptors (Lipinski definition) is 1. The molecule has 0 saturated heterocycles. The summed E-state index contributed by atoms with van der Waals surface area (Å²) in [5.41, 5.74) is 2.94. The van der Waals surface area contributed by atoms with Gasteiger partial charge in [-0.25, -0.2) is 0 Å². The van der Waals surface area contributed by atoms with Crippen LogP contribution in [0.3, 0.4) is 0 Å². The van der Waals surface area contributed by atoms with Crippen molar-refractivity contribution < 1.29 is 9.90 Å². The third kappa shape index (κ3) is 2.36. The Labute approximate surface area is 103 Å². The maximum Gasteiger partial charge on any atom is 0.303 e. The zero-order chi connectivity index (χ0) is 12.5. The number of aryl methyl sites for hydroxylation is 1. The average Bonchev–Trinajstić information content (AvgIpc) is 2.28. The maximum atomic E-state index is 10.7. The quantitative estimate of drug-likeness (QED) is 0.867. The first kappa shape index (κ1) is 12.2. The number of carboxylic acids is 1. The van der Waals surface area contributed by atoms with Crippen LogP contribution in [0.1, 0.15) is 44.2 Å². The van der Waals surface area contributed by atoms with Gasteiger partial charge in [0.15, 0.2) is 0 Å². The molecule has 1 aromatic rings. The molecule has 92 valence electrons. The predicted octanol–water partition coefficient (Wildman–Crippen LogP) is 3.39. The molecule has 0 amide bonds. The fourth-order valence-corrected chi connectivity index (χ4v) is 3.08. The second kappa shape index (κ2) is 4.52. The lowest BCUT2D eigenvalue weighted by molar-refractivity contribution is -0.137. The van der Waals surface area contributed by atoms with E-state index in [1.165, 1.54) is 11.1 Å². The lowest BCUT2D eigenvalue weighted by Crippen LogP contribution is -2.34. The SMILES string of the molecule is CC1(C)c2ccccc2CCC1CCC(=O)O. The molecule has 0 aliphatic heterocycles. The smallest absolute Gasteiger partial charge is 0.303 e. The lowest BCUT2D eigenvalue weighted by atomic mass is 9.64. The van der Waals surface area contributed by atoms with Gasteiger partial charge in [-0.3, -0.25) is 4.79 Å². The molecule has 2 heteroatoms. The Morgan fingerprint density at radius 3 is 2.82 bits per heavy atom. The fourth-order valence-electron chi connectivity index (χ4n) is 3.08. The van der Waals surface area contributed by atoms with Gasteiger partial charge in [0.25, 0.3) is 0 Å². The second-order valence-corrected chi connectivity index (χ2v) is 5.55. The third-order valence-corrected chi connectivity index (χ3v) is 4.20. The maximum absolute atomic E-state index is 10.7. The summed E-state index contributed by atoms with van der Waals surface area (Å²) in [5, 5.41) is 8.81. The van der Waals surface area contributed by atoms with Crippen LogP contribution in [0.15, 0.2) is 24.3 Å². The molecule has 1 aromatic carbocycles. The van der Waals surface area contributed by atoms with Gasteiger partial charge in [-0.1, -0.05) is 38.1 Å². The molecule has 0 radical (unpaired) electrons. The summed E-state index contributed by atoms with van der Waals surface area (Å²) < 4.78 is 0. The van der Waals surface area contributed by atoms with E-state index in [-0.39, 0.29) is 11.8 Å². The summed E-state index contributed by atoms with van der Waals surface area (Å²) in [6, 6.07) is 8.57. The van der Waals surface area contributed by atoms with Crippen molar-refractivity contribution in [3.05, 3.63) is 35.4 Å². The molecule has 0 fully saturated rings. The second-order valence-electron chi connectivity index (χ2n) is 5.55. The van der Waals surface area contributed by atoms with Crippen molar-refractivity contribution in [2.45, 2.75) is 44.9 Å². The molecule has 17 heavy (non-hydrogen) atoms. The number of hydrogen-bond donors (Lipinski definition) is 1. The van der Waals surface area contributed by atoms with Crippen molar-refractivity contribution in [3.63, 3.8) is 0 Å². The number of benzene rings is 1. The van der Waals surface area contributed by atoms with Crippen LogP contribution in [0.4, 0.5) is 0 Å². The topological polar surface area (TPSA) is 37.3 Å². The van der Waals surface area contributed by atoms with Crippen LogP contribution in [0.5, 0.6) is 0 Å². The summed E-state index contributed by atoms with van der Waals surface area (Å²) in [6.45, 7) is 4.50. The van der Waals surface area contributed by atoms with E-state index in [0.29, 0.717) is 5.92 Å². The van der Waals surface area contributed by atoms with E-state index >= 15 is 0 Å². The minimum Gasteiger partial charge on any atom is -0.481 e. The first-order valence-electron chi connectivity index (χ1n) is 6.32. The van der Waals surface area contributed by atoms with Crippen molar-refractivity contribution in [1.29, 1.82) is 0 Å². The van der Waals surface area contributed by atoms with Gasteiger partial charge in [0.1, 0.15) is 0 Å². The molecule has 0 heterocycles. The van der Waals surface area contributed by atoms with Crippen LogP contribution >= 0.6 is 0 Å². The number of rotatable bonds is 3. The molecule has 2 nitrogen and oxygen atoms in total. The van der Waals surface area contributed by atoms with Crippen molar-refractivity contribution in [2.75, 3.05) is 0 Å². The Morgan fingerprint density at radius 1 is 1.41 bits per heavy atom. The summed E-state index contributed by atoms with van der Waals surface area (Å²) in [6.07, 6.45) is 3.27. The first-order chi connectivity index (χ1) is 8.01. The molecule has 1 aliphatic rings. The van der Waals surface area contributed by atoms with Gasteiger partial charge in [0, 0.05) is 6.42 Å². The van der Waals surface area contributed by atoms with Gasteiger partial charge in [-0.2, -0.15) is 0 Å². The van der Waals surface area contributed by atoms with E-state index in [1.54, 1.807) is 0 Å². The van der Waals surface area contributed by atoms with Gasteiger partial charge < -0.3 is 5.11 Å². The zero-order valence-electron chi connectivity index (χ0n) is 10.6. The van der Waals surface area contributed by atoms with E-state index in [9.17, 15) is 4.79 Å². The molecule has 1 N–H and O–H groups in total. The summed E-state index contributed by atoms with van der Waals surface area (Å²) in [4.78, 5) is 10.7. The fraction of sp³-hybridized carbons (Fsp3) is 0.533. The van der Waals surface area contributed by atoms with Gasteiger partial charge in [0.05, 0.1) is 0 Å². The summed E-state index contributed by atoms with van der Waals surface area (Å²) in [7, 11) is 0. The zero-order valence-corrected chi connectivity index (χ0v) is 10.6. The Kier molecular flexibility index (Phi) is 3.23. The standard InChI is InChI=1S/C15H20O2/c1-15(2)12(9-10-14(16)17)8-7-11-5-3-4-6-13(11)15/h3-6,12H,7-10H2,1-2H3,(H,16,17). The minimum atomic E-state index is -0.681. The van der Waals surface area contributed by atoms with Crippen LogP contribution in [-0.4, -0.2) is 11.1 Å². The van der Waals surface area contributed by atoms with E-state index in [0.717, 1.165) is 19.3 Å². The van der Waals surface area contributed by atoms with E-state index in [1.807, 2.05) is 0 Å². The van der Waals surface area contributed by atoms with Crippen LogP contribution in [0.25, 0.3) is 0 Å².